The van der Waals surface area contributed by atoms with Gasteiger partial charge in [0.15, 0.2) is 0 Å². The van der Waals surface area contributed by atoms with E-state index in [2.05, 4.69) is 19.9 Å². The Morgan fingerprint density at radius 2 is 1.50 bits per heavy atom. The molecule has 2 saturated heterocycles. The summed E-state index contributed by atoms with van der Waals surface area (Å²) in [4.78, 5) is 25.7. The molecule has 6 heteroatoms. The molecule has 0 unspecified atom stereocenters. The van der Waals surface area contributed by atoms with Crippen LogP contribution < -0.4 is 0 Å². The van der Waals surface area contributed by atoms with Gasteiger partial charge in [-0.15, -0.1) is 0 Å². The van der Waals surface area contributed by atoms with Gasteiger partial charge >= 0.3 is 11.9 Å². The summed E-state index contributed by atoms with van der Waals surface area (Å²) < 4.78 is 12.4. The summed E-state index contributed by atoms with van der Waals surface area (Å²) >= 11 is 0. The fourth-order valence-corrected chi connectivity index (χ4v) is 11.0. The maximum atomic E-state index is 13.0. The minimum Gasteiger partial charge on any atom is -0.461 e. The number of aliphatic hydroxyl groups is 2. The van der Waals surface area contributed by atoms with Crippen LogP contribution in [0.4, 0.5) is 0 Å². The smallest absolute Gasteiger partial charge is 0.309 e. The van der Waals surface area contributed by atoms with E-state index in [1.54, 1.807) is 0 Å². The second-order valence-corrected chi connectivity index (χ2v) is 13.9. The summed E-state index contributed by atoms with van der Waals surface area (Å²) in [6.45, 7) is 12.2. The number of carbonyl (C=O) groups is 2. The van der Waals surface area contributed by atoms with Crippen LogP contribution in [0.25, 0.3) is 0 Å². The van der Waals surface area contributed by atoms with Crippen LogP contribution in [0.15, 0.2) is 22.8 Å². The van der Waals surface area contributed by atoms with Gasteiger partial charge in [0.25, 0.3) is 0 Å². The van der Waals surface area contributed by atoms with Gasteiger partial charge in [-0.3, -0.25) is 9.59 Å². The van der Waals surface area contributed by atoms with E-state index in [0.717, 1.165) is 18.4 Å². The number of ether oxygens (including phenoxy) is 2. The van der Waals surface area contributed by atoms with Gasteiger partial charge < -0.3 is 19.7 Å². The Kier molecular flexibility index (Phi) is 4.46. The standard InChI is InChI=1S/C30H40O6/c1-12-11-18-20-21(30(12)24(18)29(6,34)10-8-17-14(3)27(32)36-25(17)30)15(4)19-22(20)28(5,33)9-7-16-13(2)26(31)35-23(16)19/h11,13-14,16-18,20-25,33-34H,7-10H2,1-6H3/t13-,14-,16-,17-,18+,20+,21+,22+,23-,24+,25-,28-,29-,30+/m0/s1. The van der Waals surface area contributed by atoms with Crippen LogP contribution in [-0.4, -0.2) is 45.6 Å². The van der Waals surface area contributed by atoms with Crippen molar-refractivity contribution >= 4 is 11.9 Å². The Hall–Kier alpha value is -1.66. The predicted octanol–water partition coefficient (Wildman–Crippen LogP) is 3.80. The zero-order valence-electron chi connectivity index (χ0n) is 22.3. The molecule has 6 nitrogen and oxygen atoms in total. The summed E-state index contributed by atoms with van der Waals surface area (Å²) in [6, 6.07) is 0. The van der Waals surface area contributed by atoms with Crippen LogP contribution in [0, 0.1) is 58.7 Å². The van der Waals surface area contributed by atoms with Crippen LogP contribution in [0.5, 0.6) is 0 Å². The molecule has 0 aromatic rings. The van der Waals surface area contributed by atoms with Gasteiger partial charge in [-0.05, 0) is 76.7 Å². The minimum absolute atomic E-state index is 0.0486. The highest BCUT2D eigenvalue weighted by Crippen LogP contribution is 2.78. The number of hydrogen-bond acceptors (Lipinski definition) is 6. The molecular formula is C30H40O6. The van der Waals surface area contributed by atoms with E-state index in [9.17, 15) is 19.8 Å². The molecule has 36 heavy (non-hydrogen) atoms. The number of allylic oxidation sites excluding steroid dienone is 2. The molecule has 14 atom stereocenters. The third-order valence-corrected chi connectivity index (χ3v) is 12.4. The molecule has 0 radical (unpaired) electrons. The minimum atomic E-state index is -0.931. The highest BCUT2D eigenvalue weighted by atomic mass is 16.6. The summed E-state index contributed by atoms with van der Waals surface area (Å²) in [7, 11) is 0. The quantitative estimate of drug-likeness (QED) is 0.391. The molecule has 3 saturated carbocycles. The van der Waals surface area contributed by atoms with Crippen molar-refractivity contribution in [2.45, 2.75) is 90.6 Å². The molecule has 2 heterocycles. The number of fused-ring (bicyclic) bond motifs is 7. The Bertz CT molecular complexity index is 1130. The summed E-state index contributed by atoms with van der Waals surface area (Å²) in [5.41, 5.74) is 1.23. The second kappa shape index (κ2) is 6.85. The van der Waals surface area contributed by atoms with Crippen LogP contribution in [-0.2, 0) is 19.1 Å². The number of esters is 2. The van der Waals surface area contributed by atoms with Crippen molar-refractivity contribution in [3.63, 3.8) is 0 Å². The molecule has 7 aliphatic rings. The van der Waals surface area contributed by atoms with Crippen molar-refractivity contribution in [2.75, 3.05) is 0 Å². The third-order valence-electron chi connectivity index (χ3n) is 12.4. The normalized spacial score (nSPS) is 58.8. The Morgan fingerprint density at radius 1 is 0.889 bits per heavy atom. The SMILES string of the molecule is CC1=C[C@@H]2[C@@H]3[C@@H](C(C)=C4[C@H]5OC(=O)[C@@H](C)[C@@H]5CC[C@](C)(O)[C@H]43)[C@]13[C@H]1OC(=O)[C@@H](C)[C@@H]1CC[C@](C)(O)[C@@H]23. The third kappa shape index (κ3) is 2.43. The first-order valence-corrected chi connectivity index (χ1v) is 14.1. The van der Waals surface area contributed by atoms with Crippen molar-refractivity contribution in [3.8, 4) is 0 Å². The monoisotopic (exact) mass is 496 g/mol. The number of hydrogen-bond donors (Lipinski definition) is 2. The molecule has 2 bridgehead atoms. The first kappa shape index (κ1) is 23.5. The average Bonchev–Trinajstić information content (AvgIpc) is 3.49. The zero-order chi connectivity index (χ0) is 25.7. The maximum absolute atomic E-state index is 13.0. The van der Waals surface area contributed by atoms with E-state index in [-0.39, 0.29) is 77.4 Å². The molecule has 5 fully saturated rings. The first-order chi connectivity index (χ1) is 16.8. The average molecular weight is 497 g/mol. The van der Waals surface area contributed by atoms with Gasteiger partial charge in [-0.2, -0.15) is 0 Å². The van der Waals surface area contributed by atoms with Crippen molar-refractivity contribution in [2.24, 2.45) is 58.7 Å². The van der Waals surface area contributed by atoms with Gasteiger partial charge in [0, 0.05) is 29.1 Å². The maximum Gasteiger partial charge on any atom is 0.309 e. The fraction of sp³-hybridized carbons (Fsp3) is 0.800. The van der Waals surface area contributed by atoms with Gasteiger partial charge in [-0.25, -0.2) is 0 Å². The summed E-state index contributed by atoms with van der Waals surface area (Å²) in [5.74, 6) is -0.460. The van der Waals surface area contributed by atoms with Crippen LogP contribution in [0.2, 0.25) is 0 Å². The van der Waals surface area contributed by atoms with E-state index in [4.69, 9.17) is 9.47 Å². The molecular weight excluding hydrogens is 456 g/mol. The highest BCUT2D eigenvalue weighted by molar-refractivity contribution is 5.76. The van der Waals surface area contributed by atoms with E-state index >= 15 is 0 Å². The van der Waals surface area contributed by atoms with Gasteiger partial charge in [0.05, 0.1) is 23.0 Å². The molecule has 7 rings (SSSR count). The van der Waals surface area contributed by atoms with Gasteiger partial charge in [0.2, 0.25) is 0 Å². The molecule has 2 aliphatic heterocycles. The Balaban J connectivity index is 1.47. The molecule has 0 aromatic heterocycles. The lowest BCUT2D eigenvalue weighted by Crippen LogP contribution is -2.51. The zero-order valence-corrected chi connectivity index (χ0v) is 22.3. The van der Waals surface area contributed by atoms with Crippen LogP contribution in [0.1, 0.15) is 67.2 Å². The number of carbonyl (C=O) groups excluding carboxylic acids is 2. The topological polar surface area (TPSA) is 93.1 Å². The lowest BCUT2D eigenvalue weighted by Gasteiger charge is -2.47. The van der Waals surface area contributed by atoms with Crippen molar-refractivity contribution in [3.05, 3.63) is 22.8 Å². The molecule has 0 spiro atoms. The molecule has 5 aliphatic carbocycles. The van der Waals surface area contributed by atoms with Crippen molar-refractivity contribution in [1.82, 2.24) is 0 Å². The van der Waals surface area contributed by atoms with Crippen molar-refractivity contribution < 1.29 is 29.3 Å². The summed E-state index contributed by atoms with van der Waals surface area (Å²) in [5, 5.41) is 24.1. The lowest BCUT2D eigenvalue weighted by molar-refractivity contribution is -0.153. The fourth-order valence-electron chi connectivity index (χ4n) is 11.0. The lowest BCUT2D eigenvalue weighted by atomic mass is 9.58. The summed E-state index contributed by atoms with van der Waals surface area (Å²) in [6.07, 6.45) is 4.59. The molecule has 196 valence electrons. The van der Waals surface area contributed by atoms with Gasteiger partial charge in [0.1, 0.15) is 12.2 Å². The van der Waals surface area contributed by atoms with E-state index < -0.39 is 16.6 Å². The first-order valence-electron chi connectivity index (χ1n) is 14.1. The second-order valence-electron chi connectivity index (χ2n) is 13.9. The van der Waals surface area contributed by atoms with Crippen LogP contribution in [0.3, 0.4) is 0 Å². The van der Waals surface area contributed by atoms with Crippen molar-refractivity contribution in [1.29, 1.82) is 0 Å². The van der Waals surface area contributed by atoms with E-state index in [1.165, 1.54) is 11.1 Å². The molecule has 0 amide bonds. The highest BCUT2D eigenvalue weighted by Gasteiger charge is 2.78. The Morgan fingerprint density at radius 3 is 2.22 bits per heavy atom. The predicted molar refractivity (Wildman–Crippen MR) is 131 cm³/mol. The van der Waals surface area contributed by atoms with Crippen LogP contribution >= 0.6 is 0 Å². The van der Waals surface area contributed by atoms with E-state index in [1.807, 2.05) is 27.7 Å². The van der Waals surface area contributed by atoms with E-state index in [0.29, 0.717) is 12.8 Å². The van der Waals surface area contributed by atoms with Gasteiger partial charge in [-0.1, -0.05) is 31.1 Å². The number of rotatable bonds is 0. The molecule has 2 N–H and O–H groups in total. The largest absolute Gasteiger partial charge is 0.461 e. The molecule has 0 aromatic carbocycles. The Labute approximate surface area is 213 Å².